The smallest absolute Gasteiger partial charge is 0.156 e. The van der Waals surface area contributed by atoms with Crippen LogP contribution in [0.1, 0.15) is 33.3 Å². The van der Waals surface area contributed by atoms with Crippen molar-refractivity contribution in [2.24, 2.45) is 5.92 Å². The molecule has 0 N–H and O–H groups in total. The van der Waals surface area contributed by atoms with Crippen LogP contribution in [0.5, 0.6) is 0 Å². The van der Waals surface area contributed by atoms with Gasteiger partial charge in [-0.3, -0.25) is 4.79 Å². The molecule has 21 heavy (non-hydrogen) atoms. The van der Waals surface area contributed by atoms with Crippen molar-refractivity contribution >= 4 is 11.4 Å². The summed E-state index contributed by atoms with van der Waals surface area (Å²) < 4.78 is 0. The van der Waals surface area contributed by atoms with Gasteiger partial charge in [0.1, 0.15) is 0 Å². The van der Waals surface area contributed by atoms with Gasteiger partial charge in [-0.05, 0) is 48.1 Å². The maximum atomic E-state index is 11.9. The van der Waals surface area contributed by atoms with Gasteiger partial charge in [0.15, 0.2) is 5.78 Å². The highest BCUT2D eigenvalue weighted by Gasteiger charge is 2.14. The van der Waals surface area contributed by atoms with Crippen molar-refractivity contribution in [1.29, 1.82) is 0 Å². The van der Waals surface area contributed by atoms with Gasteiger partial charge in [0.25, 0.3) is 0 Å². The molecule has 1 heteroatoms. The van der Waals surface area contributed by atoms with Crippen molar-refractivity contribution in [2.45, 2.75) is 27.7 Å². The molecular weight excluding hydrogens is 256 g/mol. The van der Waals surface area contributed by atoms with Crippen molar-refractivity contribution in [2.75, 3.05) is 0 Å². The minimum absolute atomic E-state index is 0.160. The Morgan fingerprint density at radius 3 is 2.05 bits per heavy atom. The molecule has 0 aliphatic rings. The molecule has 0 bridgehead atoms. The second-order valence-electron chi connectivity index (χ2n) is 5.70. The summed E-state index contributed by atoms with van der Waals surface area (Å²) in [5, 5.41) is 0. The highest BCUT2D eigenvalue weighted by molar-refractivity contribution is 6.01. The lowest BCUT2D eigenvalue weighted by atomic mass is 9.90. The first kappa shape index (κ1) is 15.2. The summed E-state index contributed by atoms with van der Waals surface area (Å²) in [6.07, 6.45) is 0. The number of Topliss-reactive ketones (excluding diaryl/α,β-unsaturated/α-hetero) is 1. The van der Waals surface area contributed by atoms with Gasteiger partial charge in [-0.1, -0.05) is 62.4 Å². The van der Waals surface area contributed by atoms with E-state index in [9.17, 15) is 4.79 Å². The van der Waals surface area contributed by atoms with E-state index in [0.717, 1.165) is 16.7 Å². The van der Waals surface area contributed by atoms with Crippen LogP contribution >= 0.6 is 0 Å². The first-order valence-corrected chi connectivity index (χ1v) is 7.38. The van der Waals surface area contributed by atoms with E-state index < -0.39 is 0 Å². The molecule has 0 unspecified atom stereocenters. The highest BCUT2D eigenvalue weighted by atomic mass is 16.1. The standard InChI is InChI=1S/C20H22O/c1-14(2)20(16(4)21)15(3)18-11-8-12-19(13-18)17-9-6-5-7-10-17/h5-14H,1-4H3. The van der Waals surface area contributed by atoms with Gasteiger partial charge in [-0.25, -0.2) is 0 Å². The summed E-state index contributed by atoms with van der Waals surface area (Å²) in [6, 6.07) is 18.7. The van der Waals surface area contributed by atoms with E-state index in [0.29, 0.717) is 0 Å². The number of benzene rings is 2. The summed E-state index contributed by atoms with van der Waals surface area (Å²) in [4.78, 5) is 11.9. The molecule has 2 rings (SSSR count). The van der Waals surface area contributed by atoms with Gasteiger partial charge >= 0.3 is 0 Å². The SMILES string of the molecule is CC(=O)C(=C(C)c1cccc(-c2ccccc2)c1)C(C)C. The Labute approximate surface area is 127 Å². The van der Waals surface area contributed by atoms with Crippen LogP contribution in [-0.2, 0) is 4.79 Å². The number of hydrogen-bond acceptors (Lipinski definition) is 1. The first-order chi connectivity index (χ1) is 10.0. The lowest BCUT2D eigenvalue weighted by Crippen LogP contribution is -2.06. The van der Waals surface area contributed by atoms with Crippen molar-refractivity contribution in [3.63, 3.8) is 0 Å². The third-order valence-electron chi connectivity index (χ3n) is 3.76. The van der Waals surface area contributed by atoms with Crippen LogP contribution in [0.2, 0.25) is 0 Å². The van der Waals surface area contributed by atoms with Crippen molar-refractivity contribution < 1.29 is 4.79 Å². The third kappa shape index (κ3) is 3.49. The number of allylic oxidation sites excluding steroid dienone is 2. The zero-order valence-electron chi connectivity index (χ0n) is 13.2. The molecule has 1 nitrogen and oxygen atoms in total. The Morgan fingerprint density at radius 1 is 0.857 bits per heavy atom. The van der Waals surface area contributed by atoms with Crippen LogP contribution in [0, 0.1) is 5.92 Å². The Kier molecular flexibility index (Phi) is 4.74. The molecule has 0 heterocycles. The molecule has 108 valence electrons. The normalized spacial score (nSPS) is 12.2. The quantitative estimate of drug-likeness (QED) is 0.687. The minimum Gasteiger partial charge on any atom is -0.295 e. The average molecular weight is 278 g/mol. The predicted octanol–water partition coefficient (Wildman–Crippen LogP) is 5.37. The molecule has 0 radical (unpaired) electrons. The topological polar surface area (TPSA) is 17.1 Å². The number of hydrogen-bond donors (Lipinski definition) is 0. The molecule has 2 aromatic carbocycles. The average Bonchev–Trinajstić information content (AvgIpc) is 2.47. The third-order valence-corrected chi connectivity index (χ3v) is 3.76. The second-order valence-corrected chi connectivity index (χ2v) is 5.70. The first-order valence-electron chi connectivity index (χ1n) is 7.38. The molecule has 0 fully saturated rings. The van der Waals surface area contributed by atoms with Crippen LogP contribution in [-0.4, -0.2) is 5.78 Å². The fourth-order valence-corrected chi connectivity index (χ4v) is 2.82. The fraction of sp³-hybridized carbons (Fsp3) is 0.250. The number of rotatable bonds is 4. The molecule has 0 atom stereocenters. The Hall–Kier alpha value is -2.15. The molecule has 0 aliphatic heterocycles. The van der Waals surface area contributed by atoms with Crippen LogP contribution in [0.4, 0.5) is 0 Å². The Morgan fingerprint density at radius 2 is 1.48 bits per heavy atom. The zero-order valence-corrected chi connectivity index (χ0v) is 13.2. The lowest BCUT2D eigenvalue weighted by molar-refractivity contribution is -0.113. The van der Waals surface area contributed by atoms with Crippen LogP contribution in [0.3, 0.4) is 0 Å². The van der Waals surface area contributed by atoms with Crippen LogP contribution in [0.15, 0.2) is 60.2 Å². The number of carbonyl (C=O) groups is 1. The van der Waals surface area contributed by atoms with E-state index in [4.69, 9.17) is 0 Å². The summed E-state index contributed by atoms with van der Waals surface area (Å²) >= 11 is 0. The summed E-state index contributed by atoms with van der Waals surface area (Å²) in [7, 11) is 0. The van der Waals surface area contributed by atoms with E-state index in [1.165, 1.54) is 11.1 Å². The van der Waals surface area contributed by atoms with E-state index in [2.05, 4.69) is 50.2 Å². The van der Waals surface area contributed by atoms with Crippen molar-refractivity contribution in [3.05, 3.63) is 65.7 Å². The monoisotopic (exact) mass is 278 g/mol. The van der Waals surface area contributed by atoms with Gasteiger partial charge in [-0.2, -0.15) is 0 Å². The molecule has 2 aromatic rings. The van der Waals surface area contributed by atoms with E-state index in [1.807, 2.05) is 25.1 Å². The lowest BCUT2D eigenvalue weighted by Gasteiger charge is -2.14. The van der Waals surface area contributed by atoms with Gasteiger partial charge < -0.3 is 0 Å². The zero-order chi connectivity index (χ0) is 15.4. The fourth-order valence-electron chi connectivity index (χ4n) is 2.82. The van der Waals surface area contributed by atoms with E-state index >= 15 is 0 Å². The molecule has 0 spiro atoms. The highest BCUT2D eigenvalue weighted by Crippen LogP contribution is 2.28. The molecule has 0 amide bonds. The van der Waals surface area contributed by atoms with E-state index in [-0.39, 0.29) is 11.7 Å². The van der Waals surface area contributed by atoms with Crippen molar-refractivity contribution in [1.82, 2.24) is 0 Å². The van der Waals surface area contributed by atoms with Crippen molar-refractivity contribution in [3.8, 4) is 11.1 Å². The van der Waals surface area contributed by atoms with Gasteiger partial charge in [0.2, 0.25) is 0 Å². The van der Waals surface area contributed by atoms with Gasteiger partial charge in [-0.15, -0.1) is 0 Å². The molecular formula is C20H22O. The van der Waals surface area contributed by atoms with Crippen LogP contribution < -0.4 is 0 Å². The minimum atomic E-state index is 0.160. The predicted molar refractivity (Wildman–Crippen MR) is 90.0 cm³/mol. The Balaban J connectivity index is 2.51. The van der Waals surface area contributed by atoms with Gasteiger partial charge in [0, 0.05) is 5.57 Å². The molecule has 0 aromatic heterocycles. The molecule has 0 saturated carbocycles. The molecule has 0 saturated heterocycles. The largest absolute Gasteiger partial charge is 0.295 e. The van der Waals surface area contributed by atoms with E-state index in [1.54, 1.807) is 6.92 Å². The summed E-state index contributed by atoms with van der Waals surface area (Å²) in [5.41, 5.74) is 5.49. The van der Waals surface area contributed by atoms with Crippen LogP contribution in [0.25, 0.3) is 16.7 Å². The Bertz CT molecular complexity index is 663. The number of ketones is 1. The molecule has 0 aliphatic carbocycles. The maximum Gasteiger partial charge on any atom is 0.156 e. The van der Waals surface area contributed by atoms with Gasteiger partial charge in [0.05, 0.1) is 0 Å². The summed E-state index contributed by atoms with van der Waals surface area (Å²) in [6.45, 7) is 7.84. The number of carbonyl (C=O) groups excluding carboxylic acids is 1. The maximum absolute atomic E-state index is 11.9. The second kappa shape index (κ2) is 6.53. The summed E-state index contributed by atoms with van der Waals surface area (Å²) in [5.74, 6) is 0.399.